The van der Waals surface area contributed by atoms with Gasteiger partial charge in [-0.25, -0.2) is 4.99 Å². The number of anilines is 1. The van der Waals surface area contributed by atoms with Gasteiger partial charge in [0.2, 0.25) is 5.91 Å². The lowest BCUT2D eigenvalue weighted by Gasteiger charge is -2.20. The minimum absolute atomic E-state index is 0.248. The van der Waals surface area contributed by atoms with Crippen molar-refractivity contribution in [3.63, 3.8) is 0 Å². The molecule has 1 amide bonds. The molecule has 1 saturated carbocycles. The van der Waals surface area contributed by atoms with Gasteiger partial charge in [-0.3, -0.25) is 9.78 Å². The van der Waals surface area contributed by atoms with E-state index < -0.39 is 18.0 Å². The van der Waals surface area contributed by atoms with Crippen LogP contribution in [0.15, 0.2) is 71.9 Å². The molecule has 2 aliphatic rings. The summed E-state index contributed by atoms with van der Waals surface area (Å²) in [6.07, 6.45) is -0.757. The summed E-state index contributed by atoms with van der Waals surface area (Å²) in [5.41, 5.74) is 3.03. The van der Waals surface area contributed by atoms with Gasteiger partial charge in [-0.2, -0.15) is 13.2 Å². The number of pyridine rings is 1. The number of alkyl halides is 3. The van der Waals surface area contributed by atoms with Crippen molar-refractivity contribution >= 4 is 23.0 Å². The van der Waals surface area contributed by atoms with Gasteiger partial charge in [0.05, 0.1) is 17.1 Å². The molecule has 0 bridgehead atoms. The van der Waals surface area contributed by atoms with Gasteiger partial charge in [-0.1, -0.05) is 36.4 Å². The zero-order chi connectivity index (χ0) is 21.6. The third-order valence-electron chi connectivity index (χ3n) is 5.54. The summed E-state index contributed by atoms with van der Waals surface area (Å²) in [7, 11) is 0. The zero-order valence-electron chi connectivity index (χ0n) is 16.4. The second kappa shape index (κ2) is 7.34. The van der Waals surface area contributed by atoms with Crippen molar-refractivity contribution in [2.75, 3.05) is 5.32 Å². The van der Waals surface area contributed by atoms with Gasteiger partial charge in [-0.15, -0.1) is 0 Å². The lowest BCUT2D eigenvalue weighted by atomic mass is 9.93. The second-order valence-corrected chi connectivity index (χ2v) is 7.80. The van der Waals surface area contributed by atoms with Gasteiger partial charge in [0.1, 0.15) is 0 Å². The van der Waals surface area contributed by atoms with E-state index in [0.29, 0.717) is 17.2 Å². The summed E-state index contributed by atoms with van der Waals surface area (Å²) >= 11 is 0. The quantitative estimate of drug-likeness (QED) is 0.574. The van der Waals surface area contributed by atoms with E-state index in [1.807, 2.05) is 18.2 Å². The number of hydrogen-bond acceptors (Lipinski definition) is 3. The summed E-state index contributed by atoms with van der Waals surface area (Å²) in [6, 6.07) is 17.0. The molecule has 31 heavy (non-hydrogen) atoms. The van der Waals surface area contributed by atoms with Crippen LogP contribution in [0.5, 0.6) is 0 Å². The molecule has 1 N–H and O–H groups in total. The Hall–Kier alpha value is -3.48. The third-order valence-corrected chi connectivity index (χ3v) is 5.54. The molecule has 2 heterocycles. The van der Waals surface area contributed by atoms with Crippen LogP contribution in [0.2, 0.25) is 0 Å². The van der Waals surface area contributed by atoms with Crippen molar-refractivity contribution in [2.24, 2.45) is 10.9 Å². The van der Waals surface area contributed by atoms with E-state index >= 15 is 0 Å². The number of halogens is 3. The highest BCUT2D eigenvalue weighted by molar-refractivity contribution is 6.20. The van der Waals surface area contributed by atoms with E-state index in [1.54, 1.807) is 42.6 Å². The fraction of sp³-hybridized carbons (Fsp3) is 0.208. The van der Waals surface area contributed by atoms with Crippen LogP contribution in [-0.4, -0.2) is 22.8 Å². The Morgan fingerprint density at radius 1 is 0.903 bits per heavy atom. The summed E-state index contributed by atoms with van der Waals surface area (Å²) in [5.74, 6) is -2.99. The summed E-state index contributed by atoms with van der Waals surface area (Å²) in [5, 5.41) is 2.36. The molecule has 1 aromatic heterocycles. The molecule has 1 fully saturated rings. The number of nitrogens with one attached hydrogen (secondary N) is 1. The van der Waals surface area contributed by atoms with E-state index in [0.717, 1.165) is 24.1 Å². The van der Waals surface area contributed by atoms with E-state index in [9.17, 15) is 18.0 Å². The average molecular weight is 421 g/mol. The van der Waals surface area contributed by atoms with E-state index in [-0.39, 0.29) is 17.0 Å². The highest BCUT2D eigenvalue weighted by Crippen LogP contribution is 2.40. The first-order chi connectivity index (χ1) is 14.9. The normalized spacial score (nSPS) is 18.6. The first kappa shape index (κ1) is 19.5. The number of carbonyl (C=O) groups is 1. The first-order valence-electron chi connectivity index (χ1n) is 10.0. The standard InChI is InChI=1S/C24H18F3N3O/c25-24(26,27)21-22(29-19-6-1-2-7-20(19)30-23(21)31)16-5-3-4-15(12-16)17-10-11-18(28-13-17)14-8-9-14/h1-7,10-14,21H,8-9H2,(H,30,31). The predicted molar refractivity (Wildman–Crippen MR) is 112 cm³/mol. The van der Waals surface area contributed by atoms with Crippen LogP contribution in [0.3, 0.4) is 0 Å². The number of rotatable bonds is 3. The highest BCUT2D eigenvalue weighted by Gasteiger charge is 2.49. The lowest BCUT2D eigenvalue weighted by molar-refractivity contribution is -0.164. The molecular weight excluding hydrogens is 403 g/mol. The van der Waals surface area contributed by atoms with Crippen LogP contribution in [0, 0.1) is 5.92 Å². The molecule has 1 aliphatic carbocycles. The van der Waals surface area contributed by atoms with Crippen molar-refractivity contribution in [1.82, 2.24) is 4.98 Å². The maximum Gasteiger partial charge on any atom is 0.406 e. The molecule has 3 aromatic rings. The molecule has 7 heteroatoms. The average Bonchev–Trinajstić information content (AvgIpc) is 3.60. The van der Waals surface area contributed by atoms with Crippen molar-refractivity contribution < 1.29 is 18.0 Å². The minimum atomic E-state index is -4.78. The smallest absolute Gasteiger partial charge is 0.323 e. The summed E-state index contributed by atoms with van der Waals surface area (Å²) in [4.78, 5) is 21.3. The molecule has 1 aliphatic heterocycles. The number of hydrogen-bond donors (Lipinski definition) is 1. The molecule has 1 atom stereocenters. The molecule has 0 radical (unpaired) electrons. The summed E-state index contributed by atoms with van der Waals surface area (Å²) < 4.78 is 41.8. The van der Waals surface area contributed by atoms with E-state index in [2.05, 4.69) is 15.3 Å². The van der Waals surface area contributed by atoms with Gasteiger partial charge < -0.3 is 5.32 Å². The van der Waals surface area contributed by atoms with Crippen molar-refractivity contribution in [3.8, 4) is 11.1 Å². The summed E-state index contributed by atoms with van der Waals surface area (Å²) in [6.45, 7) is 0. The number of para-hydroxylation sites is 2. The van der Waals surface area contributed by atoms with Crippen LogP contribution in [0.4, 0.5) is 24.5 Å². The highest BCUT2D eigenvalue weighted by atomic mass is 19.4. The van der Waals surface area contributed by atoms with Gasteiger partial charge in [-0.05, 0) is 48.2 Å². The number of fused-ring (bicyclic) bond motifs is 1. The molecule has 5 rings (SSSR count). The van der Waals surface area contributed by atoms with Gasteiger partial charge in [0.25, 0.3) is 0 Å². The molecule has 0 spiro atoms. The Bertz CT molecular complexity index is 1180. The SMILES string of the molecule is O=C1Nc2ccccc2N=C(c2cccc(-c3ccc(C4CC4)nc3)c2)C1C(F)(F)F. The van der Waals surface area contributed by atoms with Crippen LogP contribution < -0.4 is 5.32 Å². The number of carbonyl (C=O) groups excluding carboxylic acids is 1. The molecule has 1 unspecified atom stereocenters. The van der Waals surface area contributed by atoms with E-state index in [4.69, 9.17) is 0 Å². The number of nitrogens with zero attached hydrogens (tertiary/aromatic N) is 2. The Labute approximate surface area is 176 Å². The van der Waals surface area contributed by atoms with Gasteiger partial charge in [0, 0.05) is 23.4 Å². The van der Waals surface area contributed by atoms with Crippen molar-refractivity contribution in [3.05, 3.63) is 78.1 Å². The Balaban J connectivity index is 1.60. The topological polar surface area (TPSA) is 54.4 Å². The van der Waals surface area contributed by atoms with Crippen molar-refractivity contribution in [1.29, 1.82) is 0 Å². The molecular formula is C24H18F3N3O. The van der Waals surface area contributed by atoms with Crippen LogP contribution >= 0.6 is 0 Å². The predicted octanol–water partition coefficient (Wildman–Crippen LogP) is 5.88. The molecule has 4 nitrogen and oxygen atoms in total. The first-order valence-corrected chi connectivity index (χ1v) is 10.0. The largest absolute Gasteiger partial charge is 0.406 e. The second-order valence-electron chi connectivity index (χ2n) is 7.80. The van der Waals surface area contributed by atoms with Gasteiger partial charge >= 0.3 is 6.18 Å². The Morgan fingerprint density at radius 2 is 1.68 bits per heavy atom. The molecule has 2 aromatic carbocycles. The maximum absolute atomic E-state index is 13.9. The fourth-order valence-corrected chi connectivity index (χ4v) is 3.79. The fourth-order valence-electron chi connectivity index (χ4n) is 3.79. The zero-order valence-corrected chi connectivity index (χ0v) is 16.4. The molecule has 156 valence electrons. The van der Waals surface area contributed by atoms with Gasteiger partial charge in [0.15, 0.2) is 5.92 Å². The minimum Gasteiger partial charge on any atom is -0.323 e. The van der Waals surface area contributed by atoms with Crippen molar-refractivity contribution in [2.45, 2.75) is 24.9 Å². The molecule has 0 saturated heterocycles. The number of amides is 1. The Morgan fingerprint density at radius 3 is 2.39 bits per heavy atom. The van der Waals surface area contributed by atoms with E-state index in [1.165, 1.54) is 6.07 Å². The van der Waals surface area contributed by atoms with Crippen LogP contribution in [0.1, 0.15) is 30.0 Å². The monoisotopic (exact) mass is 421 g/mol. The lowest BCUT2D eigenvalue weighted by Crippen LogP contribution is -2.40. The Kier molecular flexibility index (Phi) is 4.61. The third kappa shape index (κ3) is 3.83. The number of aromatic nitrogens is 1. The van der Waals surface area contributed by atoms with Crippen LogP contribution in [0.25, 0.3) is 11.1 Å². The maximum atomic E-state index is 13.9. The number of benzene rings is 2. The van der Waals surface area contributed by atoms with Crippen LogP contribution in [-0.2, 0) is 4.79 Å². The number of aliphatic imine (C=N–C) groups is 1.